The van der Waals surface area contributed by atoms with E-state index in [0.29, 0.717) is 42.3 Å². The molecule has 0 aliphatic carbocycles. The van der Waals surface area contributed by atoms with Crippen molar-refractivity contribution in [2.75, 3.05) is 11.5 Å². The molecule has 36 heavy (non-hydrogen) atoms. The van der Waals surface area contributed by atoms with E-state index in [9.17, 15) is 22.8 Å². The van der Waals surface area contributed by atoms with Crippen molar-refractivity contribution >= 4 is 38.8 Å². The number of nitrogen functional groups attached to an aromatic ring is 1. The summed E-state index contributed by atoms with van der Waals surface area (Å²) < 4.78 is 25.7. The fourth-order valence-corrected chi connectivity index (χ4v) is 4.98. The Bertz CT molecular complexity index is 1380. The standard InChI is InChI=1S/C24H32N6O5S/c1-3-4-13-36(34,35)30-19(31)12-5-15(2)27-22(32)17-9-6-16(7-10-17)8-11-18-14-26-21-20(18)23(33)29-24(25)28-21/h6-7,9-10,14-15H,3-5,8,11-13H2,1-2H3,(H,27,32)(H,30,31)(H4,25,26,28,29,33)/t15-/m1/s1. The summed E-state index contributed by atoms with van der Waals surface area (Å²) in [4.78, 5) is 46.2. The third-order valence-electron chi connectivity index (χ3n) is 5.76. The Morgan fingerprint density at radius 1 is 1.17 bits per heavy atom. The number of benzene rings is 1. The predicted molar refractivity (Wildman–Crippen MR) is 138 cm³/mol. The van der Waals surface area contributed by atoms with Gasteiger partial charge in [0.1, 0.15) is 5.65 Å². The highest BCUT2D eigenvalue weighted by atomic mass is 32.2. The van der Waals surface area contributed by atoms with Crippen molar-refractivity contribution in [3.63, 3.8) is 0 Å². The molecule has 0 aliphatic rings. The summed E-state index contributed by atoms with van der Waals surface area (Å²) in [5.41, 5.74) is 8.03. The molecule has 2 heterocycles. The Kier molecular flexibility index (Phi) is 8.86. The number of amides is 2. The highest BCUT2D eigenvalue weighted by molar-refractivity contribution is 7.90. The number of sulfonamides is 1. The van der Waals surface area contributed by atoms with Crippen LogP contribution in [0.5, 0.6) is 0 Å². The molecule has 0 fully saturated rings. The van der Waals surface area contributed by atoms with Crippen LogP contribution >= 0.6 is 0 Å². The summed E-state index contributed by atoms with van der Waals surface area (Å²) in [5, 5.41) is 3.31. The van der Waals surface area contributed by atoms with Crippen LogP contribution in [-0.4, -0.2) is 47.0 Å². The molecule has 3 rings (SSSR count). The van der Waals surface area contributed by atoms with Crippen LogP contribution in [0.2, 0.25) is 0 Å². The number of nitrogens with one attached hydrogen (secondary N) is 4. The van der Waals surface area contributed by atoms with Crippen LogP contribution in [0.25, 0.3) is 11.0 Å². The molecule has 0 spiro atoms. The molecular weight excluding hydrogens is 484 g/mol. The molecule has 1 atom stereocenters. The van der Waals surface area contributed by atoms with Gasteiger partial charge in [0.15, 0.2) is 0 Å². The maximum Gasteiger partial charge on any atom is 0.262 e. The average Bonchev–Trinajstić information content (AvgIpc) is 3.23. The van der Waals surface area contributed by atoms with Gasteiger partial charge in [0.25, 0.3) is 11.5 Å². The number of aromatic amines is 2. The van der Waals surface area contributed by atoms with Gasteiger partial charge in [-0.2, -0.15) is 4.98 Å². The minimum atomic E-state index is -3.61. The molecule has 0 saturated heterocycles. The van der Waals surface area contributed by atoms with E-state index in [4.69, 9.17) is 5.73 Å². The number of anilines is 1. The Morgan fingerprint density at radius 2 is 1.89 bits per heavy atom. The summed E-state index contributed by atoms with van der Waals surface area (Å²) in [6, 6.07) is 6.82. The van der Waals surface area contributed by atoms with Gasteiger partial charge in [-0.15, -0.1) is 0 Å². The Balaban J connectivity index is 1.48. The fraction of sp³-hybridized carbons (Fsp3) is 0.417. The molecule has 11 nitrogen and oxygen atoms in total. The zero-order valence-corrected chi connectivity index (χ0v) is 21.2. The van der Waals surface area contributed by atoms with E-state index in [-0.39, 0.29) is 35.6 Å². The average molecular weight is 517 g/mol. The van der Waals surface area contributed by atoms with E-state index in [1.54, 1.807) is 25.3 Å². The number of nitrogens with zero attached hydrogens (tertiary/aromatic N) is 1. The second kappa shape index (κ2) is 11.8. The maximum absolute atomic E-state index is 12.5. The minimum Gasteiger partial charge on any atom is -0.369 e. The Hall–Kier alpha value is -3.67. The third kappa shape index (κ3) is 7.41. The van der Waals surface area contributed by atoms with Crippen LogP contribution in [0.4, 0.5) is 5.95 Å². The summed E-state index contributed by atoms with van der Waals surface area (Å²) in [6.07, 6.45) is 4.52. The van der Waals surface area contributed by atoms with Gasteiger partial charge in [-0.05, 0) is 55.9 Å². The van der Waals surface area contributed by atoms with Crippen molar-refractivity contribution in [1.82, 2.24) is 25.0 Å². The first-order valence-corrected chi connectivity index (χ1v) is 13.5. The largest absolute Gasteiger partial charge is 0.369 e. The molecular formula is C24H32N6O5S. The van der Waals surface area contributed by atoms with Crippen molar-refractivity contribution in [2.45, 2.75) is 58.4 Å². The van der Waals surface area contributed by atoms with Gasteiger partial charge in [0.2, 0.25) is 21.9 Å². The first kappa shape index (κ1) is 26.9. The molecule has 3 aromatic rings. The predicted octanol–water partition coefficient (Wildman–Crippen LogP) is 1.76. The van der Waals surface area contributed by atoms with Crippen LogP contribution in [0.3, 0.4) is 0 Å². The Morgan fingerprint density at radius 3 is 2.58 bits per heavy atom. The van der Waals surface area contributed by atoms with E-state index in [0.717, 1.165) is 17.5 Å². The first-order valence-electron chi connectivity index (χ1n) is 11.9. The van der Waals surface area contributed by atoms with E-state index in [2.05, 4.69) is 25.0 Å². The fourth-order valence-electron chi connectivity index (χ4n) is 3.76. The normalized spacial score (nSPS) is 12.4. The lowest BCUT2D eigenvalue weighted by atomic mass is 10.0. The second-order valence-electron chi connectivity index (χ2n) is 8.80. The molecule has 0 bridgehead atoms. The molecule has 0 radical (unpaired) electrons. The molecule has 0 aliphatic heterocycles. The van der Waals surface area contributed by atoms with Crippen LogP contribution in [0.15, 0.2) is 35.3 Å². The molecule has 12 heteroatoms. The first-order chi connectivity index (χ1) is 17.1. The van der Waals surface area contributed by atoms with E-state index >= 15 is 0 Å². The van der Waals surface area contributed by atoms with Gasteiger partial charge in [0.05, 0.1) is 11.1 Å². The smallest absolute Gasteiger partial charge is 0.262 e. The number of nitrogens with two attached hydrogens (primary N) is 1. The molecule has 2 aromatic heterocycles. The number of rotatable bonds is 12. The number of hydrogen-bond acceptors (Lipinski definition) is 7. The van der Waals surface area contributed by atoms with Crippen molar-refractivity contribution < 1.29 is 18.0 Å². The monoisotopic (exact) mass is 516 g/mol. The van der Waals surface area contributed by atoms with E-state index < -0.39 is 15.9 Å². The van der Waals surface area contributed by atoms with Gasteiger partial charge >= 0.3 is 0 Å². The number of unbranched alkanes of at least 4 members (excludes halogenated alkanes) is 1. The zero-order chi connectivity index (χ0) is 26.3. The molecule has 0 saturated carbocycles. The minimum absolute atomic E-state index is 0.00940. The van der Waals surface area contributed by atoms with E-state index in [1.165, 1.54) is 0 Å². The summed E-state index contributed by atoms with van der Waals surface area (Å²) in [7, 11) is -3.61. The Labute approximate surface area is 209 Å². The maximum atomic E-state index is 12.5. The lowest BCUT2D eigenvalue weighted by molar-refractivity contribution is -0.119. The van der Waals surface area contributed by atoms with Gasteiger partial charge in [-0.3, -0.25) is 24.1 Å². The number of hydrogen-bond donors (Lipinski definition) is 5. The summed E-state index contributed by atoms with van der Waals surface area (Å²) >= 11 is 0. The van der Waals surface area contributed by atoms with E-state index in [1.807, 2.05) is 19.1 Å². The summed E-state index contributed by atoms with van der Waals surface area (Å²) in [5.74, 6) is -0.878. The van der Waals surface area contributed by atoms with Crippen LogP contribution in [0, 0.1) is 0 Å². The van der Waals surface area contributed by atoms with Crippen molar-refractivity contribution in [1.29, 1.82) is 0 Å². The second-order valence-corrected chi connectivity index (χ2v) is 10.6. The number of carbonyl (C=O) groups is 2. The van der Waals surface area contributed by atoms with Crippen molar-refractivity contribution in [3.05, 3.63) is 57.5 Å². The van der Waals surface area contributed by atoms with Gasteiger partial charge in [-0.25, -0.2) is 8.42 Å². The number of fused-ring (bicyclic) bond motifs is 1. The van der Waals surface area contributed by atoms with Crippen LogP contribution in [-0.2, 0) is 27.7 Å². The summed E-state index contributed by atoms with van der Waals surface area (Å²) in [6.45, 7) is 3.63. The topological polar surface area (TPSA) is 180 Å². The number of H-pyrrole nitrogens is 2. The van der Waals surface area contributed by atoms with Crippen molar-refractivity contribution in [2.24, 2.45) is 0 Å². The lowest BCUT2D eigenvalue weighted by Gasteiger charge is -2.14. The van der Waals surface area contributed by atoms with Gasteiger partial charge in [-0.1, -0.05) is 25.5 Å². The molecule has 6 N–H and O–H groups in total. The highest BCUT2D eigenvalue weighted by Gasteiger charge is 2.16. The molecule has 194 valence electrons. The SMILES string of the molecule is CCCCS(=O)(=O)NC(=O)CC[C@@H](C)NC(=O)c1ccc(CCc2c[nH]c3nc(N)[nH]c(=O)c23)cc1. The number of aromatic nitrogens is 3. The third-order valence-corrected chi connectivity index (χ3v) is 7.12. The van der Waals surface area contributed by atoms with Crippen LogP contribution in [0.1, 0.15) is 61.0 Å². The zero-order valence-electron chi connectivity index (χ0n) is 20.4. The van der Waals surface area contributed by atoms with Crippen LogP contribution < -0.4 is 21.3 Å². The quantitative estimate of drug-likeness (QED) is 0.243. The van der Waals surface area contributed by atoms with Crippen molar-refractivity contribution in [3.8, 4) is 0 Å². The highest BCUT2D eigenvalue weighted by Crippen LogP contribution is 2.16. The molecule has 1 aromatic carbocycles. The molecule has 2 amide bonds. The van der Waals surface area contributed by atoms with Gasteiger partial charge < -0.3 is 16.0 Å². The number of aryl methyl sites for hydroxylation is 2. The lowest BCUT2D eigenvalue weighted by Crippen LogP contribution is -2.36. The molecule has 0 unspecified atom stereocenters. The van der Waals surface area contributed by atoms with Gasteiger partial charge in [0, 0.05) is 24.2 Å². The number of carbonyl (C=O) groups excluding carboxylic acids is 2.